The van der Waals surface area contributed by atoms with Gasteiger partial charge in [0, 0.05) is 59.5 Å². The Hall–Kier alpha value is -4.26. The minimum Gasteiger partial charge on any atom is -0.461 e. The number of hydrogen-bond donors (Lipinski definition) is 2. The standard InChI is InChI=1S/C27H35N7O6/c1-18(35)32-11-13-33(14-12-32)22(37)10-9-21(36)8-7-19-3-5-20(6-4-19)17-34-25-23(29-27(34)38)24(28)30-26(31-25)40-16-15-39-2/h3-6H,7-17H2,1-2H3,(H,29,38)(H2,28,30,31). The molecular formula is C27H35N7O6. The third kappa shape index (κ3) is 7.23. The van der Waals surface area contributed by atoms with Crippen molar-refractivity contribution >= 4 is 34.6 Å². The Labute approximate surface area is 231 Å². The smallest absolute Gasteiger partial charge is 0.328 e. The molecule has 1 fully saturated rings. The summed E-state index contributed by atoms with van der Waals surface area (Å²) in [6, 6.07) is 7.70. The summed E-state index contributed by atoms with van der Waals surface area (Å²) in [5.41, 5.74) is 8.17. The molecule has 13 nitrogen and oxygen atoms in total. The zero-order valence-electron chi connectivity index (χ0n) is 22.9. The number of aromatic amines is 1. The van der Waals surface area contributed by atoms with Gasteiger partial charge in [-0.25, -0.2) is 4.79 Å². The molecule has 13 heteroatoms. The molecule has 4 rings (SSSR count). The number of nitrogens with two attached hydrogens (primary N) is 1. The molecule has 2 amide bonds. The van der Waals surface area contributed by atoms with E-state index in [-0.39, 0.29) is 61.1 Å². The summed E-state index contributed by atoms with van der Waals surface area (Å²) in [6.45, 7) is 4.47. The largest absolute Gasteiger partial charge is 0.461 e. The highest BCUT2D eigenvalue weighted by atomic mass is 16.5. The molecule has 40 heavy (non-hydrogen) atoms. The fourth-order valence-electron chi connectivity index (χ4n) is 4.54. The number of anilines is 1. The summed E-state index contributed by atoms with van der Waals surface area (Å²) in [7, 11) is 1.56. The number of Topliss-reactive ketones (excluding diaryl/α,β-unsaturated/α-hetero) is 1. The summed E-state index contributed by atoms with van der Waals surface area (Å²) in [4.78, 5) is 63.5. The highest BCUT2D eigenvalue weighted by Gasteiger charge is 2.22. The van der Waals surface area contributed by atoms with Crippen molar-refractivity contribution in [2.75, 3.05) is 52.2 Å². The predicted molar refractivity (Wildman–Crippen MR) is 147 cm³/mol. The first-order valence-electron chi connectivity index (χ1n) is 13.3. The van der Waals surface area contributed by atoms with Crippen LogP contribution in [0.1, 0.15) is 37.3 Å². The van der Waals surface area contributed by atoms with E-state index in [1.165, 1.54) is 11.5 Å². The summed E-state index contributed by atoms with van der Waals surface area (Å²) in [5.74, 6) is 0.116. The van der Waals surface area contributed by atoms with Crippen LogP contribution in [0.25, 0.3) is 11.2 Å². The molecule has 0 saturated carbocycles. The number of rotatable bonds is 12. The Morgan fingerprint density at radius 1 is 0.950 bits per heavy atom. The van der Waals surface area contributed by atoms with Crippen molar-refractivity contribution in [2.24, 2.45) is 0 Å². The lowest BCUT2D eigenvalue weighted by Gasteiger charge is -2.34. The van der Waals surface area contributed by atoms with Gasteiger partial charge in [0.15, 0.2) is 11.5 Å². The maximum absolute atomic E-state index is 12.6. The molecule has 0 bridgehead atoms. The summed E-state index contributed by atoms with van der Waals surface area (Å²) < 4.78 is 11.9. The van der Waals surface area contributed by atoms with E-state index < -0.39 is 0 Å². The average Bonchev–Trinajstić information content (AvgIpc) is 3.26. The molecular weight excluding hydrogens is 518 g/mol. The maximum atomic E-state index is 12.6. The number of hydrogen-bond acceptors (Lipinski definition) is 9. The second-order valence-electron chi connectivity index (χ2n) is 9.69. The molecule has 0 atom stereocenters. The number of aryl methyl sites for hydroxylation is 1. The van der Waals surface area contributed by atoms with E-state index in [9.17, 15) is 19.2 Å². The second kappa shape index (κ2) is 13.2. The van der Waals surface area contributed by atoms with Gasteiger partial charge in [-0.05, 0) is 17.5 Å². The number of aromatic nitrogens is 4. The van der Waals surface area contributed by atoms with Gasteiger partial charge in [0.05, 0.1) is 13.2 Å². The second-order valence-corrected chi connectivity index (χ2v) is 9.69. The number of ether oxygens (including phenoxy) is 2. The SMILES string of the molecule is COCCOc1nc(N)c2[nH]c(=O)n(Cc3ccc(CCC(=O)CCC(=O)N4CCN(C(C)=O)CC4)cc3)c2n1. The minimum atomic E-state index is -0.366. The van der Waals surface area contributed by atoms with Gasteiger partial charge >= 0.3 is 11.7 Å². The van der Waals surface area contributed by atoms with Crippen LogP contribution in [0.15, 0.2) is 29.1 Å². The van der Waals surface area contributed by atoms with Gasteiger partial charge in [-0.3, -0.25) is 19.0 Å². The van der Waals surface area contributed by atoms with E-state index >= 15 is 0 Å². The number of H-pyrrole nitrogens is 1. The number of imidazole rings is 1. The highest BCUT2D eigenvalue weighted by Crippen LogP contribution is 2.19. The Kier molecular flexibility index (Phi) is 9.48. The van der Waals surface area contributed by atoms with Crippen LogP contribution < -0.4 is 16.2 Å². The Morgan fingerprint density at radius 3 is 2.30 bits per heavy atom. The lowest BCUT2D eigenvalue weighted by Crippen LogP contribution is -2.50. The molecule has 3 aromatic rings. The van der Waals surface area contributed by atoms with Crippen molar-refractivity contribution in [3.05, 3.63) is 45.9 Å². The number of carbonyl (C=O) groups is 3. The van der Waals surface area contributed by atoms with Crippen molar-refractivity contribution in [2.45, 2.75) is 39.2 Å². The first kappa shape index (κ1) is 28.7. The van der Waals surface area contributed by atoms with Crippen molar-refractivity contribution < 1.29 is 23.9 Å². The van der Waals surface area contributed by atoms with Crippen molar-refractivity contribution in [3.8, 4) is 6.01 Å². The van der Waals surface area contributed by atoms with Gasteiger partial charge in [0.1, 0.15) is 17.9 Å². The molecule has 1 aliphatic heterocycles. The zero-order valence-corrected chi connectivity index (χ0v) is 22.9. The summed E-state index contributed by atoms with van der Waals surface area (Å²) in [6.07, 6.45) is 1.29. The van der Waals surface area contributed by atoms with Gasteiger partial charge in [-0.15, -0.1) is 0 Å². The number of amides is 2. The molecule has 1 aliphatic rings. The quantitative estimate of drug-likeness (QED) is 0.308. The van der Waals surface area contributed by atoms with Crippen molar-refractivity contribution in [1.82, 2.24) is 29.3 Å². The summed E-state index contributed by atoms with van der Waals surface area (Å²) in [5, 5.41) is 0. The minimum absolute atomic E-state index is 0.0139. The Bertz CT molecular complexity index is 1410. The number of carbonyl (C=O) groups excluding carboxylic acids is 3. The molecule has 0 unspecified atom stereocenters. The molecule has 2 aromatic heterocycles. The zero-order chi connectivity index (χ0) is 28.6. The molecule has 0 aliphatic carbocycles. The highest BCUT2D eigenvalue weighted by molar-refractivity contribution is 5.85. The molecule has 3 heterocycles. The monoisotopic (exact) mass is 553 g/mol. The number of methoxy groups -OCH3 is 1. The number of nitrogens with one attached hydrogen (secondary N) is 1. The average molecular weight is 554 g/mol. The number of nitrogen functional groups attached to an aromatic ring is 1. The number of piperazine rings is 1. The molecule has 1 aromatic carbocycles. The Balaban J connectivity index is 1.28. The van der Waals surface area contributed by atoms with E-state index in [0.717, 1.165) is 11.1 Å². The van der Waals surface area contributed by atoms with Crippen LogP contribution in [0.2, 0.25) is 0 Å². The summed E-state index contributed by atoms with van der Waals surface area (Å²) >= 11 is 0. The normalized spacial score (nSPS) is 13.6. The maximum Gasteiger partial charge on any atom is 0.328 e. The number of nitrogens with zero attached hydrogens (tertiary/aromatic N) is 5. The van der Waals surface area contributed by atoms with Crippen molar-refractivity contribution in [1.29, 1.82) is 0 Å². The van der Waals surface area contributed by atoms with Gasteiger partial charge in [0.25, 0.3) is 0 Å². The lowest BCUT2D eigenvalue weighted by molar-refractivity contribution is -0.139. The van der Waals surface area contributed by atoms with Crippen LogP contribution in [-0.2, 0) is 32.1 Å². The fourth-order valence-corrected chi connectivity index (χ4v) is 4.54. The van der Waals surface area contributed by atoms with E-state index in [1.807, 2.05) is 24.3 Å². The van der Waals surface area contributed by atoms with Crippen LogP contribution >= 0.6 is 0 Å². The topological polar surface area (TPSA) is 166 Å². The number of ketones is 1. The lowest BCUT2D eigenvalue weighted by atomic mass is 10.0. The van der Waals surface area contributed by atoms with E-state index in [1.54, 1.807) is 16.9 Å². The third-order valence-corrected chi connectivity index (χ3v) is 6.90. The van der Waals surface area contributed by atoms with Gasteiger partial charge in [-0.2, -0.15) is 9.97 Å². The molecule has 1 saturated heterocycles. The van der Waals surface area contributed by atoms with Crippen LogP contribution in [0.4, 0.5) is 5.82 Å². The molecule has 214 valence electrons. The van der Waals surface area contributed by atoms with Crippen LogP contribution in [0, 0.1) is 0 Å². The van der Waals surface area contributed by atoms with E-state index in [2.05, 4.69) is 15.0 Å². The molecule has 0 radical (unpaired) electrons. The van der Waals surface area contributed by atoms with Gasteiger partial charge in [-0.1, -0.05) is 24.3 Å². The predicted octanol–water partition coefficient (Wildman–Crippen LogP) is 0.748. The fraction of sp³-hybridized carbons (Fsp3) is 0.481. The number of fused-ring (bicyclic) bond motifs is 1. The van der Waals surface area contributed by atoms with E-state index in [0.29, 0.717) is 56.8 Å². The van der Waals surface area contributed by atoms with Crippen LogP contribution in [0.5, 0.6) is 6.01 Å². The first-order valence-corrected chi connectivity index (χ1v) is 13.3. The van der Waals surface area contributed by atoms with Gasteiger partial charge in [0.2, 0.25) is 11.8 Å². The van der Waals surface area contributed by atoms with Crippen LogP contribution in [0.3, 0.4) is 0 Å². The number of benzene rings is 1. The van der Waals surface area contributed by atoms with Crippen LogP contribution in [-0.4, -0.2) is 93.4 Å². The van der Waals surface area contributed by atoms with Crippen molar-refractivity contribution in [3.63, 3.8) is 0 Å². The van der Waals surface area contributed by atoms with E-state index in [4.69, 9.17) is 15.2 Å². The molecule has 3 N–H and O–H groups in total. The van der Waals surface area contributed by atoms with Gasteiger partial charge < -0.3 is 30.0 Å². The first-order chi connectivity index (χ1) is 19.2. The Morgan fingerprint density at radius 2 is 1.62 bits per heavy atom. The molecule has 0 spiro atoms. The third-order valence-electron chi connectivity index (χ3n) is 6.90.